The maximum absolute atomic E-state index is 13.5. The number of amides is 1. The minimum Gasteiger partial charge on any atom is -0.383 e. The second-order valence-corrected chi connectivity index (χ2v) is 8.62. The second-order valence-electron chi connectivity index (χ2n) is 8.62. The van der Waals surface area contributed by atoms with Gasteiger partial charge in [0.15, 0.2) is 0 Å². The number of hydrogen-bond donors (Lipinski definition) is 2. The molecule has 0 aliphatic carbocycles. The zero-order valence-electron chi connectivity index (χ0n) is 19.5. The molecule has 0 saturated heterocycles. The van der Waals surface area contributed by atoms with Gasteiger partial charge in [-0.05, 0) is 36.5 Å². The van der Waals surface area contributed by atoms with Crippen LogP contribution in [-0.2, 0) is 24.3 Å². The van der Waals surface area contributed by atoms with Gasteiger partial charge < -0.3 is 15.5 Å². The van der Waals surface area contributed by atoms with Gasteiger partial charge in [-0.2, -0.15) is 0 Å². The van der Waals surface area contributed by atoms with E-state index >= 15 is 0 Å². The maximum atomic E-state index is 13.5. The first kappa shape index (κ1) is 23.4. The number of benzene rings is 2. The van der Waals surface area contributed by atoms with Crippen LogP contribution in [0.5, 0.6) is 0 Å². The normalized spacial score (nSPS) is 12.9. The van der Waals surface area contributed by atoms with Crippen molar-refractivity contribution in [3.8, 4) is 0 Å². The number of nitrogen functional groups attached to an aromatic ring is 1. The molecule has 178 valence electrons. The largest absolute Gasteiger partial charge is 0.383 e. The summed E-state index contributed by atoms with van der Waals surface area (Å²) in [6.45, 7) is 3.31. The van der Waals surface area contributed by atoms with Crippen LogP contribution in [0.4, 0.5) is 17.2 Å². The van der Waals surface area contributed by atoms with E-state index in [4.69, 9.17) is 5.73 Å². The van der Waals surface area contributed by atoms with E-state index < -0.39 is 11.2 Å². The van der Waals surface area contributed by atoms with Gasteiger partial charge >= 0.3 is 5.69 Å². The molecule has 3 N–H and O–H groups in total. The summed E-state index contributed by atoms with van der Waals surface area (Å²) >= 11 is 0. The number of aryl methyl sites for hydroxylation is 1. The summed E-state index contributed by atoms with van der Waals surface area (Å²) in [5, 5.41) is 0. The third-order valence-corrected chi connectivity index (χ3v) is 6.22. The zero-order chi connectivity index (χ0) is 24.1. The fraction of sp³-hybridized carbons (Fsp3) is 0.346. The molecule has 0 radical (unpaired) electrons. The Hall–Kier alpha value is -3.81. The summed E-state index contributed by atoms with van der Waals surface area (Å²) in [6.07, 6.45) is 3.44. The third-order valence-electron chi connectivity index (χ3n) is 6.22. The predicted molar refractivity (Wildman–Crippen MR) is 135 cm³/mol. The molecular formula is C26H31N5O3. The maximum Gasteiger partial charge on any atom is 0.330 e. The Morgan fingerprint density at radius 1 is 1.09 bits per heavy atom. The number of nitrogens with one attached hydrogen (secondary N) is 1. The fourth-order valence-electron chi connectivity index (χ4n) is 4.48. The summed E-state index contributed by atoms with van der Waals surface area (Å²) < 4.78 is 1.39. The molecule has 0 unspecified atom stereocenters. The number of H-pyrrole nitrogens is 1. The molecule has 0 saturated carbocycles. The number of nitrogens with zero attached hydrogens (tertiary/aromatic N) is 3. The molecule has 1 aromatic heterocycles. The van der Waals surface area contributed by atoms with Crippen LogP contribution in [0, 0.1) is 0 Å². The van der Waals surface area contributed by atoms with Crippen molar-refractivity contribution in [1.82, 2.24) is 9.55 Å². The van der Waals surface area contributed by atoms with Crippen molar-refractivity contribution in [1.29, 1.82) is 0 Å². The molecule has 8 nitrogen and oxygen atoms in total. The molecule has 4 rings (SSSR count). The number of para-hydroxylation sites is 1. The van der Waals surface area contributed by atoms with E-state index in [9.17, 15) is 14.4 Å². The molecule has 3 aromatic rings. The lowest BCUT2D eigenvalue weighted by molar-refractivity contribution is -0.117. The number of hydrogen-bond acceptors (Lipinski definition) is 5. The van der Waals surface area contributed by atoms with E-state index in [2.05, 4.69) is 4.98 Å². The number of nitrogens with two attached hydrogens (primary N) is 1. The number of carbonyl (C=O) groups is 1. The van der Waals surface area contributed by atoms with Gasteiger partial charge in [0.25, 0.3) is 5.56 Å². The Morgan fingerprint density at radius 3 is 2.59 bits per heavy atom. The van der Waals surface area contributed by atoms with Gasteiger partial charge in [-0.3, -0.25) is 19.1 Å². The Balaban J connectivity index is 1.72. The molecule has 2 heterocycles. The Morgan fingerprint density at radius 2 is 1.82 bits per heavy atom. The lowest BCUT2D eigenvalue weighted by Gasteiger charge is -2.32. The van der Waals surface area contributed by atoms with Crippen LogP contribution >= 0.6 is 0 Å². The van der Waals surface area contributed by atoms with Gasteiger partial charge in [-0.1, -0.05) is 61.9 Å². The molecule has 0 bridgehead atoms. The van der Waals surface area contributed by atoms with Gasteiger partial charge in [0.2, 0.25) is 5.91 Å². The van der Waals surface area contributed by atoms with Crippen molar-refractivity contribution in [2.45, 2.75) is 45.7 Å². The van der Waals surface area contributed by atoms with Gasteiger partial charge in [0.05, 0.1) is 6.54 Å². The van der Waals surface area contributed by atoms with Crippen LogP contribution in [0.2, 0.25) is 0 Å². The number of fused-ring (bicyclic) bond motifs is 1. The van der Waals surface area contributed by atoms with Crippen LogP contribution in [0.1, 0.15) is 37.3 Å². The standard InChI is InChI=1S/C26H31N5O3/c1-2-3-15-31-24(27)23(25(33)28-26(31)34)29(17-19-10-5-4-6-11-19)18-22(32)30-16-9-13-20-12-7-8-14-21(20)30/h4-8,10-12,14H,2-3,9,13,15-18,27H2,1H3,(H,28,33,34). The van der Waals surface area contributed by atoms with Crippen molar-refractivity contribution < 1.29 is 4.79 Å². The molecule has 0 fully saturated rings. The summed E-state index contributed by atoms with van der Waals surface area (Å²) in [5.41, 5.74) is 8.40. The highest BCUT2D eigenvalue weighted by molar-refractivity contribution is 5.97. The van der Waals surface area contributed by atoms with Crippen LogP contribution in [0.3, 0.4) is 0 Å². The number of aromatic amines is 1. The molecule has 0 atom stereocenters. The molecule has 0 spiro atoms. The Labute approximate surface area is 198 Å². The first-order valence-electron chi connectivity index (χ1n) is 11.8. The van der Waals surface area contributed by atoms with Crippen molar-refractivity contribution in [2.24, 2.45) is 0 Å². The van der Waals surface area contributed by atoms with E-state index in [1.165, 1.54) is 4.57 Å². The van der Waals surface area contributed by atoms with Crippen LogP contribution in [-0.4, -0.2) is 28.5 Å². The molecule has 1 aliphatic rings. The van der Waals surface area contributed by atoms with E-state index in [0.717, 1.165) is 42.5 Å². The summed E-state index contributed by atoms with van der Waals surface area (Å²) in [6, 6.07) is 17.5. The number of rotatable bonds is 8. The number of aromatic nitrogens is 2. The van der Waals surface area contributed by atoms with Gasteiger partial charge in [0.1, 0.15) is 11.5 Å². The second kappa shape index (κ2) is 10.4. The monoisotopic (exact) mass is 461 g/mol. The highest BCUT2D eigenvalue weighted by Gasteiger charge is 2.27. The lowest BCUT2D eigenvalue weighted by Crippen LogP contribution is -2.45. The number of anilines is 3. The SMILES string of the molecule is CCCCn1c(N)c(N(CC(=O)N2CCCc3ccccc32)Cc2ccccc2)c(=O)[nH]c1=O. The smallest absolute Gasteiger partial charge is 0.330 e. The molecule has 1 amide bonds. The van der Waals surface area contributed by atoms with E-state index in [-0.39, 0.29) is 24.0 Å². The minimum atomic E-state index is -0.585. The highest BCUT2D eigenvalue weighted by atomic mass is 16.2. The van der Waals surface area contributed by atoms with Crippen molar-refractivity contribution in [3.05, 3.63) is 86.6 Å². The summed E-state index contributed by atoms with van der Waals surface area (Å²) in [4.78, 5) is 44.8. The minimum absolute atomic E-state index is 0.0392. The van der Waals surface area contributed by atoms with E-state index in [1.54, 1.807) is 9.80 Å². The quantitative estimate of drug-likeness (QED) is 0.537. The van der Waals surface area contributed by atoms with Crippen molar-refractivity contribution in [2.75, 3.05) is 28.6 Å². The van der Waals surface area contributed by atoms with E-state index in [1.807, 2.05) is 61.5 Å². The average Bonchev–Trinajstić information content (AvgIpc) is 2.84. The summed E-state index contributed by atoms with van der Waals surface area (Å²) in [7, 11) is 0. The number of carbonyl (C=O) groups excluding carboxylic acids is 1. The zero-order valence-corrected chi connectivity index (χ0v) is 19.5. The summed E-state index contributed by atoms with van der Waals surface area (Å²) in [5.74, 6) is -0.0295. The topological polar surface area (TPSA) is 104 Å². The average molecular weight is 462 g/mol. The van der Waals surface area contributed by atoms with Crippen molar-refractivity contribution >= 4 is 23.1 Å². The first-order chi connectivity index (χ1) is 16.5. The highest BCUT2D eigenvalue weighted by Crippen LogP contribution is 2.28. The Bertz CT molecular complexity index is 1270. The molecule has 1 aliphatic heterocycles. The van der Waals surface area contributed by atoms with Gasteiger partial charge in [-0.15, -0.1) is 0 Å². The number of unbranched alkanes of at least 4 members (excludes halogenated alkanes) is 1. The van der Waals surface area contributed by atoms with E-state index in [0.29, 0.717) is 19.6 Å². The van der Waals surface area contributed by atoms with Gasteiger partial charge in [-0.25, -0.2) is 4.79 Å². The van der Waals surface area contributed by atoms with Crippen LogP contribution in [0.15, 0.2) is 64.2 Å². The molecule has 2 aromatic carbocycles. The lowest BCUT2D eigenvalue weighted by atomic mass is 10.0. The Kier molecular flexibility index (Phi) is 7.15. The third kappa shape index (κ3) is 4.90. The molecule has 8 heteroatoms. The fourth-order valence-corrected chi connectivity index (χ4v) is 4.48. The first-order valence-corrected chi connectivity index (χ1v) is 11.8. The van der Waals surface area contributed by atoms with Gasteiger partial charge in [0, 0.05) is 25.3 Å². The molecular weight excluding hydrogens is 430 g/mol. The molecule has 34 heavy (non-hydrogen) atoms. The van der Waals surface area contributed by atoms with Crippen LogP contribution in [0.25, 0.3) is 0 Å². The predicted octanol–water partition coefficient (Wildman–Crippen LogP) is 2.90. The van der Waals surface area contributed by atoms with Crippen LogP contribution < -0.4 is 26.8 Å². The van der Waals surface area contributed by atoms with Crippen molar-refractivity contribution in [3.63, 3.8) is 0 Å².